The Morgan fingerprint density at radius 3 is 2.50 bits per heavy atom. The number of aliphatic carboxylic acids is 1. The van der Waals surface area contributed by atoms with E-state index in [4.69, 9.17) is 9.84 Å². The monoisotopic (exact) mass is 308 g/mol. The van der Waals surface area contributed by atoms with Gasteiger partial charge < -0.3 is 20.5 Å². The van der Waals surface area contributed by atoms with E-state index in [1.54, 1.807) is 18.2 Å². The van der Waals surface area contributed by atoms with E-state index in [9.17, 15) is 14.4 Å². The fraction of sp³-hybridized carbons (Fsp3) is 0.400. The number of hydrogen-bond acceptors (Lipinski definition) is 5. The molecule has 120 valence electrons. The molecule has 0 saturated carbocycles. The van der Waals surface area contributed by atoms with Crippen LogP contribution in [-0.2, 0) is 20.9 Å². The van der Waals surface area contributed by atoms with E-state index in [1.807, 2.05) is 13.8 Å². The molecule has 0 spiro atoms. The van der Waals surface area contributed by atoms with Gasteiger partial charge in [0.25, 0.3) is 5.91 Å². The SMILES string of the molecule is CC(=O)OCc1ccc(NC(C)C)cc1C(=O)NCC(=O)O. The number of anilines is 1. The van der Waals surface area contributed by atoms with Crippen LogP contribution in [-0.4, -0.2) is 35.5 Å². The van der Waals surface area contributed by atoms with Crippen LogP contribution in [0.25, 0.3) is 0 Å². The number of hydrogen-bond donors (Lipinski definition) is 3. The summed E-state index contributed by atoms with van der Waals surface area (Å²) < 4.78 is 4.91. The molecular weight excluding hydrogens is 288 g/mol. The summed E-state index contributed by atoms with van der Waals surface area (Å²) in [6.45, 7) is 4.66. The van der Waals surface area contributed by atoms with Crippen LogP contribution in [0.15, 0.2) is 18.2 Å². The highest BCUT2D eigenvalue weighted by Gasteiger charge is 2.14. The summed E-state index contributed by atoms with van der Waals surface area (Å²) in [5, 5.41) is 14.1. The van der Waals surface area contributed by atoms with Gasteiger partial charge in [0.2, 0.25) is 0 Å². The summed E-state index contributed by atoms with van der Waals surface area (Å²) in [5.41, 5.74) is 1.50. The first-order valence-corrected chi connectivity index (χ1v) is 6.82. The zero-order valence-corrected chi connectivity index (χ0v) is 12.8. The molecule has 7 nitrogen and oxygen atoms in total. The van der Waals surface area contributed by atoms with Crippen molar-refractivity contribution in [3.05, 3.63) is 29.3 Å². The third-order valence-corrected chi connectivity index (χ3v) is 2.64. The second-order valence-electron chi connectivity index (χ2n) is 5.03. The number of amides is 1. The number of rotatable bonds is 7. The second-order valence-corrected chi connectivity index (χ2v) is 5.03. The molecule has 0 aliphatic carbocycles. The Bertz CT molecular complexity index is 569. The summed E-state index contributed by atoms with van der Waals surface area (Å²) in [5.74, 6) is -2.12. The van der Waals surface area contributed by atoms with Crippen LogP contribution in [0, 0.1) is 0 Å². The van der Waals surface area contributed by atoms with Gasteiger partial charge in [-0.2, -0.15) is 0 Å². The van der Waals surface area contributed by atoms with Crippen molar-refractivity contribution in [3.8, 4) is 0 Å². The lowest BCUT2D eigenvalue weighted by molar-refractivity contribution is -0.142. The third kappa shape index (κ3) is 5.82. The molecule has 1 amide bonds. The van der Waals surface area contributed by atoms with E-state index in [2.05, 4.69) is 10.6 Å². The van der Waals surface area contributed by atoms with Gasteiger partial charge in [-0.3, -0.25) is 14.4 Å². The van der Waals surface area contributed by atoms with Crippen molar-refractivity contribution >= 4 is 23.5 Å². The molecule has 1 rings (SSSR count). The molecule has 0 heterocycles. The smallest absolute Gasteiger partial charge is 0.322 e. The molecule has 0 fully saturated rings. The quantitative estimate of drug-likeness (QED) is 0.657. The summed E-state index contributed by atoms with van der Waals surface area (Å²) in [4.78, 5) is 33.6. The number of carboxylic acid groups (broad SMARTS) is 1. The number of carbonyl (C=O) groups is 3. The number of carboxylic acids is 1. The lowest BCUT2D eigenvalue weighted by atomic mass is 10.1. The lowest BCUT2D eigenvalue weighted by Crippen LogP contribution is -2.30. The minimum atomic E-state index is -1.13. The number of nitrogens with one attached hydrogen (secondary N) is 2. The van der Waals surface area contributed by atoms with E-state index in [0.717, 1.165) is 5.69 Å². The molecule has 0 radical (unpaired) electrons. The van der Waals surface area contributed by atoms with Crippen LogP contribution in [0.5, 0.6) is 0 Å². The average molecular weight is 308 g/mol. The zero-order chi connectivity index (χ0) is 16.7. The minimum absolute atomic E-state index is 0.0485. The van der Waals surface area contributed by atoms with Gasteiger partial charge in [-0.15, -0.1) is 0 Å². The van der Waals surface area contributed by atoms with E-state index in [1.165, 1.54) is 6.92 Å². The fourth-order valence-electron chi connectivity index (χ4n) is 1.77. The molecule has 0 bridgehead atoms. The molecule has 0 atom stereocenters. The molecule has 0 aromatic heterocycles. The maximum Gasteiger partial charge on any atom is 0.322 e. The molecule has 0 unspecified atom stereocenters. The molecule has 1 aromatic carbocycles. The van der Waals surface area contributed by atoms with E-state index < -0.39 is 24.4 Å². The maximum atomic E-state index is 12.1. The van der Waals surface area contributed by atoms with Crippen LogP contribution in [0.1, 0.15) is 36.7 Å². The predicted molar refractivity (Wildman–Crippen MR) is 80.6 cm³/mol. The van der Waals surface area contributed by atoms with Crippen LogP contribution >= 0.6 is 0 Å². The highest BCUT2D eigenvalue weighted by atomic mass is 16.5. The van der Waals surface area contributed by atoms with Gasteiger partial charge in [-0.25, -0.2) is 0 Å². The first-order valence-electron chi connectivity index (χ1n) is 6.82. The minimum Gasteiger partial charge on any atom is -0.480 e. The summed E-state index contributed by atoms with van der Waals surface area (Å²) >= 11 is 0. The van der Waals surface area contributed by atoms with Gasteiger partial charge in [-0.05, 0) is 26.0 Å². The second kappa shape index (κ2) is 8.02. The Hall–Kier alpha value is -2.57. The largest absolute Gasteiger partial charge is 0.480 e. The van der Waals surface area contributed by atoms with Gasteiger partial charge in [-0.1, -0.05) is 6.07 Å². The van der Waals surface area contributed by atoms with E-state index >= 15 is 0 Å². The summed E-state index contributed by atoms with van der Waals surface area (Å²) in [6.07, 6.45) is 0. The summed E-state index contributed by atoms with van der Waals surface area (Å²) in [7, 11) is 0. The average Bonchev–Trinajstić information content (AvgIpc) is 2.42. The molecule has 3 N–H and O–H groups in total. The molecule has 1 aromatic rings. The number of esters is 1. The number of ether oxygens (including phenoxy) is 1. The standard InChI is InChI=1S/C15H20N2O5/c1-9(2)17-12-5-4-11(8-22-10(3)18)13(6-12)15(21)16-7-14(19)20/h4-6,9,17H,7-8H2,1-3H3,(H,16,21)(H,19,20). The van der Waals surface area contributed by atoms with Crippen LogP contribution < -0.4 is 10.6 Å². The van der Waals surface area contributed by atoms with Crippen molar-refractivity contribution < 1.29 is 24.2 Å². The maximum absolute atomic E-state index is 12.1. The van der Waals surface area contributed by atoms with Gasteiger partial charge in [0.05, 0.1) is 0 Å². The highest BCUT2D eigenvalue weighted by Crippen LogP contribution is 2.18. The fourth-order valence-corrected chi connectivity index (χ4v) is 1.77. The van der Waals surface area contributed by atoms with Crippen molar-refractivity contribution in [1.29, 1.82) is 0 Å². The third-order valence-electron chi connectivity index (χ3n) is 2.64. The lowest BCUT2D eigenvalue weighted by Gasteiger charge is -2.14. The number of carbonyl (C=O) groups excluding carboxylic acids is 2. The van der Waals surface area contributed by atoms with E-state index in [-0.39, 0.29) is 18.2 Å². The highest BCUT2D eigenvalue weighted by molar-refractivity contribution is 5.98. The number of benzene rings is 1. The van der Waals surface area contributed by atoms with Gasteiger partial charge >= 0.3 is 11.9 Å². The Balaban J connectivity index is 3.01. The van der Waals surface area contributed by atoms with Gasteiger partial charge in [0.15, 0.2) is 0 Å². The van der Waals surface area contributed by atoms with Crippen molar-refractivity contribution in [1.82, 2.24) is 5.32 Å². The van der Waals surface area contributed by atoms with Gasteiger partial charge in [0, 0.05) is 29.8 Å². The van der Waals surface area contributed by atoms with Crippen LogP contribution in [0.2, 0.25) is 0 Å². The van der Waals surface area contributed by atoms with Crippen molar-refractivity contribution in [2.45, 2.75) is 33.4 Å². The van der Waals surface area contributed by atoms with E-state index in [0.29, 0.717) is 5.56 Å². The molecule has 0 saturated heterocycles. The predicted octanol–water partition coefficient (Wildman–Crippen LogP) is 1.38. The topological polar surface area (TPSA) is 105 Å². The first-order chi connectivity index (χ1) is 10.3. The van der Waals surface area contributed by atoms with Crippen LogP contribution in [0.4, 0.5) is 5.69 Å². The Labute approximate surface area is 128 Å². The Morgan fingerprint density at radius 2 is 1.95 bits per heavy atom. The van der Waals surface area contributed by atoms with Crippen molar-refractivity contribution in [2.24, 2.45) is 0 Å². The molecule has 0 aliphatic heterocycles. The van der Waals surface area contributed by atoms with Crippen LogP contribution in [0.3, 0.4) is 0 Å². The first kappa shape index (κ1) is 17.5. The Kier molecular flexibility index (Phi) is 6.37. The molecule has 7 heteroatoms. The normalized spacial score (nSPS) is 10.2. The van der Waals surface area contributed by atoms with Crippen molar-refractivity contribution in [2.75, 3.05) is 11.9 Å². The zero-order valence-electron chi connectivity index (χ0n) is 12.8. The molecule has 0 aliphatic rings. The van der Waals surface area contributed by atoms with Gasteiger partial charge in [0.1, 0.15) is 13.2 Å². The molecule has 22 heavy (non-hydrogen) atoms. The van der Waals surface area contributed by atoms with Crippen molar-refractivity contribution in [3.63, 3.8) is 0 Å². The summed E-state index contributed by atoms with van der Waals surface area (Å²) in [6, 6.07) is 5.22. The Morgan fingerprint density at radius 1 is 1.27 bits per heavy atom. The molecular formula is C15H20N2O5.